The molecule has 88 valence electrons. The molecule has 17 heavy (non-hydrogen) atoms. The minimum Gasteiger partial charge on any atom is -0.354 e. The van der Waals surface area contributed by atoms with Crippen LogP contribution in [0.4, 0.5) is 5.95 Å². The molecule has 0 aliphatic carbocycles. The highest BCUT2D eigenvalue weighted by atomic mass is 35.5. The van der Waals surface area contributed by atoms with E-state index in [0.29, 0.717) is 11.0 Å². The monoisotopic (exact) mass is 247 g/mol. The molecule has 0 radical (unpaired) electrons. The number of halogens is 1. The summed E-state index contributed by atoms with van der Waals surface area (Å²) in [6.45, 7) is 4.78. The van der Waals surface area contributed by atoms with Crippen molar-refractivity contribution in [1.82, 2.24) is 9.97 Å². The van der Waals surface area contributed by atoms with E-state index in [1.165, 1.54) is 0 Å². The Bertz CT molecular complexity index is 526. The van der Waals surface area contributed by atoms with Gasteiger partial charge in [-0.2, -0.15) is 0 Å². The highest BCUT2D eigenvalue weighted by Crippen LogP contribution is 2.22. The quantitative estimate of drug-likeness (QED) is 0.902. The minimum absolute atomic E-state index is 0.655. The molecule has 4 heteroatoms. The third kappa shape index (κ3) is 2.94. The number of hydrogen-bond donors (Lipinski definition) is 1. The lowest BCUT2D eigenvalue weighted by atomic mass is 10.1. The molecule has 0 unspecified atom stereocenters. The highest BCUT2D eigenvalue weighted by Gasteiger charge is 2.04. The number of nitrogens with one attached hydrogen (secondary N) is 1. The van der Waals surface area contributed by atoms with Crippen molar-refractivity contribution in [1.29, 1.82) is 0 Å². The van der Waals surface area contributed by atoms with Crippen molar-refractivity contribution in [2.75, 3.05) is 11.9 Å². The molecular weight excluding hydrogens is 234 g/mol. The Morgan fingerprint density at radius 3 is 2.76 bits per heavy atom. The van der Waals surface area contributed by atoms with Gasteiger partial charge in [-0.1, -0.05) is 23.7 Å². The van der Waals surface area contributed by atoms with Crippen molar-refractivity contribution in [3.8, 4) is 11.3 Å². The van der Waals surface area contributed by atoms with Crippen LogP contribution in [-0.4, -0.2) is 16.5 Å². The SMILES string of the molecule is CCNc1nc(C)cc(-c2cccc(Cl)c2)n1. The van der Waals surface area contributed by atoms with Crippen molar-refractivity contribution >= 4 is 17.5 Å². The van der Waals surface area contributed by atoms with Crippen LogP contribution in [0.2, 0.25) is 5.02 Å². The Kier molecular flexibility index (Phi) is 3.59. The lowest BCUT2D eigenvalue weighted by Gasteiger charge is -2.07. The summed E-state index contributed by atoms with van der Waals surface area (Å²) in [7, 11) is 0. The van der Waals surface area contributed by atoms with E-state index in [9.17, 15) is 0 Å². The minimum atomic E-state index is 0.655. The van der Waals surface area contributed by atoms with E-state index in [4.69, 9.17) is 11.6 Å². The van der Waals surface area contributed by atoms with Gasteiger partial charge in [-0.15, -0.1) is 0 Å². The molecule has 1 heterocycles. The van der Waals surface area contributed by atoms with E-state index >= 15 is 0 Å². The number of nitrogens with zero attached hydrogens (tertiary/aromatic N) is 2. The summed E-state index contributed by atoms with van der Waals surface area (Å²) in [5, 5.41) is 3.83. The van der Waals surface area contributed by atoms with Crippen LogP contribution in [0.15, 0.2) is 30.3 Å². The topological polar surface area (TPSA) is 37.8 Å². The van der Waals surface area contributed by atoms with E-state index in [2.05, 4.69) is 15.3 Å². The zero-order chi connectivity index (χ0) is 12.3. The zero-order valence-electron chi connectivity index (χ0n) is 9.87. The second-order valence-corrected chi connectivity index (χ2v) is 4.20. The fourth-order valence-electron chi connectivity index (χ4n) is 1.60. The molecule has 1 aromatic carbocycles. The molecule has 2 aromatic rings. The van der Waals surface area contributed by atoms with Gasteiger partial charge in [0, 0.05) is 22.8 Å². The number of hydrogen-bond acceptors (Lipinski definition) is 3. The van der Waals surface area contributed by atoms with Crippen LogP contribution in [0.1, 0.15) is 12.6 Å². The van der Waals surface area contributed by atoms with Gasteiger partial charge in [0.25, 0.3) is 0 Å². The Morgan fingerprint density at radius 1 is 1.24 bits per heavy atom. The molecule has 0 aliphatic rings. The molecule has 3 nitrogen and oxygen atoms in total. The van der Waals surface area contributed by atoms with Crippen LogP contribution < -0.4 is 5.32 Å². The molecule has 2 rings (SSSR count). The maximum atomic E-state index is 5.98. The Balaban J connectivity index is 2.44. The Morgan fingerprint density at radius 2 is 2.06 bits per heavy atom. The number of rotatable bonds is 3. The van der Waals surface area contributed by atoms with Gasteiger partial charge in [0.2, 0.25) is 5.95 Å². The summed E-state index contributed by atoms with van der Waals surface area (Å²) in [6.07, 6.45) is 0. The van der Waals surface area contributed by atoms with E-state index < -0.39 is 0 Å². The molecule has 0 spiro atoms. The zero-order valence-corrected chi connectivity index (χ0v) is 10.6. The van der Waals surface area contributed by atoms with Crippen LogP contribution in [-0.2, 0) is 0 Å². The van der Waals surface area contributed by atoms with Gasteiger partial charge in [0.15, 0.2) is 0 Å². The van der Waals surface area contributed by atoms with Crippen molar-refractivity contribution < 1.29 is 0 Å². The standard InChI is InChI=1S/C13H14ClN3/c1-3-15-13-16-9(2)7-12(17-13)10-5-4-6-11(14)8-10/h4-8H,3H2,1-2H3,(H,15,16,17). The first-order valence-corrected chi connectivity index (χ1v) is 5.92. The molecule has 0 saturated carbocycles. The van der Waals surface area contributed by atoms with Gasteiger partial charge in [-0.25, -0.2) is 9.97 Å². The summed E-state index contributed by atoms with van der Waals surface area (Å²) < 4.78 is 0. The van der Waals surface area contributed by atoms with Gasteiger partial charge < -0.3 is 5.32 Å². The van der Waals surface area contributed by atoms with Crippen LogP contribution in [0, 0.1) is 6.92 Å². The molecule has 0 amide bonds. The summed E-state index contributed by atoms with van der Waals surface area (Å²) >= 11 is 5.98. The lowest BCUT2D eigenvalue weighted by molar-refractivity contribution is 1.06. The predicted octanol–water partition coefficient (Wildman–Crippen LogP) is 3.54. The third-order valence-corrected chi connectivity index (χ3v) is 2.54. The van der Waals surface area contributed by atoms with E-state index in [-0.39, 0.29) is 0 Å². The molecule has 0 saturated heterocycles. The summed E-state index contributed by atoms with van der Waals surface area (Å²) in [6, 6.07) is 9.61. The van der Waals surface area contributed by atoms with Crippen LogP contribution in [0.3, 0.4) is 0 Å². The highest BCUT2D eigenvalue weighted by molar-refractivity contribution is 6.30. The average Bonchev–Trinajstić information content (AvgIpc) is 2.28. The average molecular weight is 248 g/mol. The first-order chi connectivity index (χ1) is 8.19. The van der Waals surface area contributed by atoms with Gasteiger partial charge in [0.1, 0.15) is 0 Å². The van der Waals surface area contributed by atoms with E-state index in [0.717, 1.165) is 23.5 Å². The molecule has 0 bridgehead atoms. The molecule has 0 aliphatic heterocycles. The second kappa shape index (κ2) is 5.15. The number of benzene rings is 1. The summed E-state index contributed by atoms with van der Waals surface area (Å²) in [5.41, 5.74) is 2.82. The number of aryl methyl sites for hydroxylation is 1. The van der Waals surface area contributed by atoms with Gasteiger partial charge in [0.05, 0.1) is 5.69 Å². The van der Waals surface area contributed by atoms with Crippen molar-refractivity contribution in [3.63, 3.8) is 0 Å². The van der Waals surface area contributed by atoms with E-state index in [1.54, 1.807) is 0 Å². The third-order valence-electron chi connectivity index (χ3n) is 2.31. The molecular formula is C13H14ClN3. The molecule has 1 aromatic heterocycles. The first-order valence-electron chi connectivity index (χ1n) is 5.54. The second-order valence-electron chi connectivity index (χ2n) is 3.76. The van der Waals surface area contributed by atoms with Gasteiger partial charge in [-0.05, 0) is 32.0 Å². The van der Waals surface area contributed by atoms with Crippen LogP contribution in [0.25, 0.3) is 11.3 Å². The lowest BCUT2D eigenvalue weighted by Crippen LogP contribution is -2.03. The largest absolute Gasteiger partial charge is 0.354 e. The Hall–Kier alpha value is -1.61. The number of anilines is 1. The Labute approximate surface area is 106 Å². The summed E-state index contributed by atoms with van der Waals surface area (Å²) in [5.74, 6) is 0.655. The fraction of sp³-hybridized carbons (Fsp3) is 0.231. The van der Waals surface area contributed by atoms with Crippen molar-refractivity contribution in [3.05, 3.63) is 41.0 Å². The van der Waals surface area contributed by atoms with E-state index in [1.807, 2.05) is 44.2 Å². The van der Waals surface area contributed by atoms with Crippen molar-refractivity contribution in [2.24, 2.45) is 0 Å². The molecule has 0 fully saturated rings. The fourth-order valence-corrected chi connectivity index (χ4v) is 1.79. The maximum Gasteiger partial charge on any atom is 0.223 e. The first kappa shape index (κ1) is 11.9. The van der Waals surface area contributed by atoms with Crippen LogP contribution in [0.5, 0.6) is 0 Å². The van der Waals surface area contributed by atoms with Crippen LogP contribution >= 0.6 is 11.6 Å². The van der Waals surface area contributed by atoms with Gasteiger partial charge >= 0.3 is 0 Å². The maximum absolute atomic E-state index is 5.98. The number of aromatic nitrogens is 2. The molecule has 1 N–H and O–H groups in total. The van der Waals surface area contributed by atoms with Crippen molar-refractivity contribution in [2.45, 2.75) is 13.8 Å². The summed E-state index contributed by atoms with van der Waals surface area (Å²) in [4.78, 5) is 8.77. The molecule has 0 atom stereocenters. The normalized spacial score (nSPS) is 10.3. The smallest absolute Gasteiger partial charge is 0.223 e. The van der Waals surface area contributed by atoms with Gasteiger partial charge in [-0.3, -0.25) is 0 Å². The predicted molar refractivity (Wildman–Crippen MR) is 71.4 cm³/mol.